The lowest BCUT2D eigenvalue weighted by Gasteiger charge is -2.06. The molecule has 0 saturated carbocycles. The Morgan fingerprint density at radius 1 is 1.29 bits per heavy atom. The van der Waals surface area contributed by atoms with Crippen molar-refractivity contribution < 1.29 is 0 Å². The maximum Gasteiger partial charge on any atom is 0.0525 e. The zero-order valence-corrected chi connectivity index (χ0v) is 8.53. The fourth-order valence-electron chi connectivity index (χ4n) is 1.93. The molecule has 0 aliphatic rings. The molecular formula is C12H16N2. The normalized spacial score (nSPS) is 11.0. The summed E-state index contributed by atoms with van der Waals surface area (Å²) >= 11 is 0. The lowest BCUT2D eigenvalue weighted by Crippen LogP contribution is -2.01. The molecular weight excluding hydrogens is 172 g/mol. The fourth-order valence-corrected chi connectivity index (χ4v) is 1.93. The zero-order chi connectivity index (χ0) is 9.97. The largest absolute Gasteiger partial charge is 0.347 e. The number of nitrogens with two attached hydrogens (primary N) is 1. The van der Waals surface area contributed by atoms with Crippen molar-refractivity contribution in [3.63, 3.8) is 0 Å². The molecule has 0 amide bonds. The summed E-state index contributed by atoms with van der Waals surface area (Å²) in [6, 6.07) is 8.47. The molecule has 0 radical (unpaired) electrons. The van der Waals surface area contributed by atoms with E-state index in [-0.39, 0.29) is 0 Å². The molecule has 0 bridgehead atoms. The summed E-state index contributed by atoms with van der Waals surface area (Å²) in [6.45, 7) is 3.88. The smallest absolute Gasteiger partial charge is 0.0525 e. The molecule has 1 aromatic carbocycles. The summed E-state index contributed by atoms with van der Waals surface area (Å²) < 4.78 is 2.29. The van der Waals surface area contributed by atoms with Gasteiger partial charge in [0.15, 0.2) is 0 Å². The van der Waals surface area contributed by atoms with Crippen molar-refractivity contribution in [3.8, 4) is 0 Å². The van der Waals surface area contributed by atoms with Gasteiger partial charge in [-0.2, -0.15) is 0 Å². The SMILES string of the molecule is CCCn1ccc2cccc(CN)c21. The summed E-state index contributed by atoms with van der Waals surface area (Å²) in [7, 11) is 0. The standard InChI is InChI=1S/C12H16N2/c1-2-7-14-8-6-10-4-3-5-11(9-13)12(10)14/h3-6,8H,2,7,9,13H2,1H3. The van der Waals surface area contributed by atoms with Gasteiger partial charge in [0.2, 0.25) is 0 Å². The Morgan fingerprint density at radius 3 is 2.86 bits per heavy atom. The number of aryl methyl sites for hydroxylation is 1. The summed E-state index contributed by atoms with van der Waals surface area (Å²) in [5, 5.41) is 1.29. The molecule has 74 valence electrons. The van der Waals surface area contributed by atoms with E-state index < -0.39 is 0 Å². The van der Waals surface area contributed by atoms with E-state index in [1.54, 1.807) is 0 Å². The molecule has 0 atom stereocenters. The Hall–Kier alpha value is -1.28. The number of para-hydroxylation sites is 1. The first-order chi connectivity index (χ1) is 6.86. The van der Waals surface area contributed by atoms with E-state index >= 15 is 0 Å². The van der Waals surface area contributed by atoms with Crippen LogP contribution >= 0.6 is 0 Å². The van der Waals surface area contributed by atoms with Crippen molar-refractivity contribution in [3.05, 3.63) is 36.0 Å². The summed E-state index contributed by atoms with van der Waals surface area (Å²) in [4.78, 5) is 0. The van der Waals surface area contributed by atoms with Crippen LogP contribution in [-0.2, 0) is 13.1 Å². The van der Waals surface area contributed by atoms with Crippen LogP contribution in [0.3, 0.4) is 0 Å². The first kappa shape index (κ1) is 9.28. The predicted molar refractivity (Wildman–Crippen MR) is 60.1 cm³/mol. The predicted octanol–water partition coefficient (Wildman–Crippen LogP) is 2.51. The molecule has 0 aliphatic heterocycles. The number of aromatic nitrogens is 1. The number of hydrogen-bond donors (Lipinski definition) is 1. The van der Waals surface area contributed by atoms with Gasteiger partial charge in [0, 0.05) is 19.3 Å². The summed E-state index contributed by atoms with van der Waals surface area (Å²) in [6.07, 6.45) is 3.30. The van der Waals surface area contributed by atoms with E-state index in [9.17, 15) is 0 Å². The average molecular weight is 188 g/mol. The minimum absolute atomic E-state index is 0.616. The Kier molecular flexibility index (Phi) is 2.55. The van der Waals surface area contributed by atoms with Gasteiger partial charge in [0.1, 0.15) is 0 Å². The molecule has 0 unspecified atom stereocenters. The lowest BCUT2D eigenvalue weighted by atomic mass is 10.1. The van der Waals surface area contributed by atoms with Crippen molar-refractivity contribution in [2.24, 2.45) is 5.73 Å². The van der Waals surface area contributed by atoms with E-state index in [1.807, 2.05) is 0 Å². The van der Waals surface area contributed by atoms with Gasteiger partial charge in [-0.25, -0.2) is 0 Å². The molecule has 0 aliphatic carbocycles. The van der Waals surface area contributed by atoms with E-state index in [1.165, 1.54) is 16.5 Å². The van der Waals surface area contributed by atoms with Gasteiger partial charge in [-0.15, -0.1) is 0 Å². The molecule has 2 rings (SSSR count). The highest BCUT2D eigenvalue weighted by atomic mass is 15.0. The van der Waals surface area contributed by atoms with Crippen LogP contribution in [0.2, 0.25) is 0 Å². The van der Waals surface area contributed by atoms with Gasteiger partial charge < -0.3 is 10.3 Å². The summed E-state index contributed by atoms with van der Waals surface area (Å²) in [5.41, 5.74) is 8.27. The first-order valence-electron chi connectivity index (χ1n) is 5.13. The Morgan fingerprint density at radius 2 is 2.14 bits per heavy atom. The van der Waals surface area contributed by atoms with Crippen LogP contribution in [0.5, 0.6) is 0 Å². The molecule has 14 heavy (non-hydrogen) atoms. The van der Waals surface area contributed by atoms with Crippen molar-refractivity contribution in [2.75, 3.05) is 0 Å². The lowest BCUT2D eigenvalue weighted by molar-refractivity contribution is 0.701. The second-order valence-corrected chi connectivity index (χ2v) is 3.57. The van der Waals surface area contributed by atoms with Crippen LogP contribution in [0.25, 0.3) is 10.9 Å². The highest BCUT2D eigenvalue weighted by molar-refractivity contribution is 5.83. The summed E-state index contributed by atoms with van der Waals surface area (Å²) in [5.74, 6) is 0. The number of fused-ring (bicyclic) bond motifs is 1. The van der Waals surface area contributed by atoms with Gasteiger partial charge in [-0.05, 0) is 23.4 Å². The van der Waals surface area contributed by atoms with Crippen molar-refractivity contribution in [1.29, 1.82) is 0 Å². The van der Waals surface area contributed by atoms with Crippen LogP contribution in [0.15, 0.2) is 30.5 Å². The Balaban J connectivity index is 2.62. The third-order valence-electron chi connectivity index (χ3n) is 2.56. The van der Waals surface area contributed by atoms with E-state index in [0.29, 0.717) is 6.54 Å². The van der Waals surface area contributed by atoms with E-state index in [4.69, 9.17) is 5.73 Å². The maximum atomic E-state index is 5.73. The van der Waals surface area contributed by atoms with Gasteiger partial charge in [0.25, 0.3) is 0 Å². The maximum absolute atomic E-state index is 5.73. The fraction of sp³-hybridized carbons (Fsp3) is 0.333. The minimum atomic E-state index is 0.616. The van der Waals surface area contributed by atoms with Crippen LogP contribution in [0, 0.1) is 0 Å². The van der Waals surface area contributed by atoms with Gasteiger partial charge >= 0.3 is 0 Å². The highest BCUT2D eigenvalue weighted by Crippen LogP contribution is 2.20. The second-order valence-electron chi connectivity index (χ2n) is 3.57. The molecule has 0 saturated heterocycles. The number of benzene rings is 1. The number of nitrogens with zero attached hydrogens (tertiary/aromatic N) is 1. The number of hydrogen-bond acceptors (Lipinski definition) is 1. The monoisotopic (exact) mass is 188 g/mol. The molecule has 1 aromatic heterocycles. The van der Waals surface area contributed by atoms with Gasteiger partial charge in [0.05, 0.1) is 5.52 Å². The van der Waals surface area contributed by atoms with Gasteiger partial charge in [-0.3, -0.25) is 0 Å². The third kappa shape index (κ3) is 1.42. The Bertz CT molecular complexity index is 429. The first-order valence-corrected chi connectivity index (χ1v) is 5.13. The topological polar surface area (TPSA) is 30.9 Å². The third-order valence-corrected chi connectivity index (χ3v) is 2.56. The van der Waals surface area contributed by atoms with Crippen molar-refractivity contribution in [2.45, 2.75) is 26.4 Å². The molecule has 2 aromatic rings. The van der Waals surface area contributed by atoms with E-state index in [0.717, 1.165) is 13.0 Å². The highest BCUT2D eigenvalue weighted by Gasteiger charge is 2.03. The second kappa shape index (κ2) is 3.84. The molecule has 2 N–H and O–H groups in total. The quantitative estimate of drug-likeness (QED) is 0.788. The molecule has 0 spiro atoms. The van der Waals surface area contributed by atoms with Crippen LogP contribution in [0.1, 0.15) is 18.9 Å². The molecule has 1 heterocycles. The average Bonchev–Trinajstić information content (AvgIpc) is 2.62. The molecule has 2 heteroatoms. The molecule has 2 nitrogen and oxygen atoms in total. The van der Waals surface area contributed by atoms with Crippen LogP contribution < -0.4 is 5.73 Å². The minimum Gasteiger partial charge on any atom is -0.347 e. The molecule has 0 fully saturated rings. The van der Waals surface area contributed by atoms with Crippen molar-refractivity contribution >= 4 is 10.9 Å². The van der Waals surface area contributed by atoms with Crippen LogP contribution in [0.4, 0.5) is 0 Å². The van der Waals surface area contributed by atoms with Crippen LogP contribution in [-0.4, -0.2) is 4.57 Å². The Labute approximate surface area is 84.3 Å². The number of rotatable bonds is 3. The van der Waals surface area contributed by atoms with Crippen molar-refractivity contribution in [1.82, 2.24) is 4.57 Å². The zero-order valence-electron chi connectivity index (χ0n) is 8.53. The van der Waals surface area contributed by atoms with E-state index in [2.05, 4.69) is 42.0 Å². The van der Waals surface area contributed by atoms with Gasteiger partial charge in [-0.1, -0.05) is 25.1 Å².